The Morgan fingerprint density at radius 1 is 0.818 bits per heavy atom. The molecule has 0 bridgehead atoms. The maximum atomic E-state index is 12.0. The fourth-order valence-corrected chi connectivity index (χ4v) is 6.28. The third-order valence-corrected chi connectivity index (χ3v) is 8.46. The number of hydrogen-bond donors (Lipinski definition) is 1. The first kappa shape index (κ1) is 28.7. The van der Waals surface area contributed by atoms with Crippen LogP contribution in [0.2, 0.25) is 0 Å². The molecule has 2 saturated heterocycles. The Kier molecular flexibility index (Phi) is 7.45. The normalized spacial score (nSPS) is 28.0. The lowest BCUT2D eigenvalue weighted by atomic mass is 9.85. The molecule has 4 aliphatic heterocycles. The Morgan fingerprint density at radius 2 is 1.59 bits per heavy atom. The van der Waals surface area contributed by atoms with Crippen LogP contribution in [0.3, 0.4) is 0 Å². The van der Waals surface area contributed by atoms with E-state index in [2.05, 4.69) is 0 Å². The summed E-state index contributed by atoms with van der Waals surface area (Å²) in [5.74, 6) is 2.77. The molecule has 12 heteroatoms. The monoisotopic (exact) mass is 610 g/mol. The van der Waals surface area contributed by atoms with Gasteiger partial charge in [0.15, 0.2) is 40.8 Å². The Bertz CT molecular complexity index is 1510. The van der Waals surface area contributed by atoms with Crippen molar-refractivity contribution in [1.82, 2.24) is 0 Å². The summed E-state index contributed by atoms with van der Waals surface area (Å²) in [6.07, 6.45) is -2.46. The summed E-state index contributed by atoms with van der Waals surface area (Å²) in [6.45, 7) is 0.460. The van der Waals surface area contributed by atoms with Gasteiger partial charge in [-0.15, -0.1) is 0 Å². The van der Waals surface area contributed by atoms with Gasteiger partial charge >= 0.3 is 0 Å². The van der Waals surface area contributed by atoms with Crippen LogP contribution in [-0.4, -0.2) is 78.2 Å². The van der Waals surface area contributed by atoms with E-state index in [0.29, 0.717) is 46.7 Å². The number of fused-ring (bicyclic) bond motifs is 3. The van der Waals surface area contributed by atoms with Crippen molar-refractivity contribution in [3.05, 3.63) is 59.7 Å². The maximum absolute atomic E-state index is 12.0. The second-order valence-corrected chi connectivity index (χ2v) is 10.9. The van der Waals surface area contributed by atoms with E-state index in [1.165, 1.54) is 14.2 Å². The van der Waals surface area contributed by atoms with Crippen LogP contribution in [0, 0.1) is 5.92 Å². The van der Waals surface area contributed by atoms with Crippen LogP contribution in [0.15, 0.2) is 48.5 Å². The van der Waals surface area contributed by atoms with Crippen LogP contribution in [-0.2, 0) is 14.2 Å². The molecular weight excluding hydrogens is 576 g/mol. The standard InChI is InChI=1S/C32H34O12/c1-34-14-25-26(17-8-6-5-7-9-17)43-22-11-20(35-2)18(10-21(22)42-25)27-19-13-38-31(32(19,33)15-39-27)44-29-23(36-3)12-24-28(30(29)37-4)41-16-40-24/h5-12,19,25-27,31,33H,13-16H2,1-4H3/t19-,25-,26-,27-,31-,32-/m1/s1. The van der Waals surface area contributed by atoms with Gasteiger partial charge in [-0.25, -0.2) is 0 Å². The minimum atomic E-state index is -1.51. The topological polar surface area (TPSA) is 122 Å². The van der Waals surface area contributed by atoms with E-state index in [9.17, 15) is 5.11 Å². The number of benzene rings is 3. The van der Waals surface area contributed by atoms with Gasteiger partial charge in [0.2, 0.25) is 30.3 Å². The number of hydrogen-bond acceptors (Lipinski definition) is 12. The van der Waals surface area contributed by atoms with Crippen molar-refractivity contribution in [3.8, 4) is 46.0 Å². The number of ether oxygens (including phenoxy) is 11. The number of methoxy groups -OCH3 is 4. The average molecular weight is 611 g/mol. The Labute approximate surface area is 254 Å². The van der Waals surface area contributed by atoms with Gasteiger partial charge in [0, 0.05) is 24.8 Å². The minimum absolute atomic E-state index is 0.0379. The molecule has 0 spiro atoms. The molecule has 12 nitrogen and oxygen atoms in total. The first-order valence-corrected chi connectivity index (χ1v) is 14.2. The van der Waals surface area contributed by atoms with Gasteiger partial charge in [-0.05, 0) is 11.6 Å². The highest BCUT2D eigenvalue weighted by Gasteiger charge is 2.61. The molecule has 1 N–H and O–H groups in total. The summed E-state index contributed by atoms with van der Waals surface area (Å²) in [4.78, 5) is 0. The molecule has 2 fully saturated rings. The van der Waals surface area contributed by atoms with Crippen LogP contribution < -0.4 is 37.9 Å². The van der Waals surface area contributed by atoms with Gasteiger partial charge in [0.1, 0.15) is 5.75 Å². The van der Waals surface area contributed by atoms with Gasteiger partial charge in [-0.2, -0.15) is 0 Å². The van der Waals surface area contributed by atoms with Gasteiger partial charge in [0.25, 0.3) is 0 Å². The number of aliphatic hydroxyl groups is 1. The van der Waals surface area contributed by atoms with Gasteiger partial charge in [0.05, 0.1) is 53.2 Å². The van der Waals surface area contributed by atoms with Gasteiger partial charge in [-0.3, -0.25) is 0 Å². The highest BCUT2D eigenvalue weighted by molar-refractivity contribution is 5.66. The predicted molar refractivity (Wildman–Crippen MR) is 152 cm³/mol. The summed E-state index contributed by atoms with van der Waals surface area (Å²) >= 11 is 0. The molecule has 0 amide bonds. The highest BCUT2D eigenvalue weighted by atomic mass is 16.7. The van der Waals surface area contributed by atoms with Crippen molar-refractivity contribution in [3.63, 3.8) is 0 Å². The molecule has 0 unspecified atom stereocenters. The largest absolute Gasteiger partial charge is 0.496 e. The lowest BCUT2D eigenvalue weighted by Gasteiger charge is -2.35. The summed E-state index contributed by atoms with van der Waals surface area (Å²) in [7, 11) is 6.19. The van der Waals surface area contributed by atoms with E-state index in [1.54, 1.807) is 26.4 Å². The van der Waals surface area contributed by atoms with Crippen molar-refractivity contribution in [2.24, 2.45) is 5.92 Å². The zero-order chi connectivity index (χ0) is 30.4. The molecule has 0 radical (unpaired) electrons. The third-order valence-electron chi connectivity index (χ3n) is 8.46. The summed E-state index contributed by atoms with van der Waals surface area (Å²) in [5, 5.41) is 12.0. The van der Waals surface area contributed by atoms with Crippen molar-refractivity contribution in [1.29, 1.82) is 0 Å². The van der Waals surface area contributed by atoms with Crippen LogP contribution in [0.25, 0.3) is 0 Å². The van der Waals surface area contributed by atoms with E-state index in [1.807, 2.05) is 36.4 Å². The van der Waals surface area contributed by atoms with Crippen molar-refractivity contribution in [2.75, 3.05) is 55.1 Å². The highest BCUT2D eigenvalue weighted by Crippen LogP contribution is 2.56. The summed E-state index contributed by atoms with van der Waals surface area (Å²) in [6, 6.07) is 15.1. The van der Waals surface area contributed by atoms with Crippen molar-refractivity contribution < 1.29 is 57.2 Å². The maximum Gasteiger partial charge on any atom is 0.232 e. The van der Waals surface area contributed by atoms with Crippen molar-refractivity contribution >= 4 is 0 Å². The average Bonchev–Trinajstić information content (AvgIpc) is 3.74. The van der Waals surface area contributed by atoms with Crippen LogP contribution >= 0.6 is 0 Å². The zero-order valence-electron chi connectivity index (χ0n) is 24.8. The Balaban J connectivity index is 1.17. The summed E-state index contributed by atoms with van der Waals surface area (Å²) < 4.78 is 64.9. The lowest BCUT2D eigenvalue weighted by Crippen LogP contribution is -2.47. The van der Waals surface area contributed by atoms with E-state index in [0.717, 1.165) is 5.56 Å². The molecule has 6 atom stereocenters. The Hall–Kier alpha value is -4.10. The fourth-order valence-electron chi connectivity index (χ4n) is 6.28. The molecule has 44 heavy (non-hydrogen) atoms. The first-order chi connectivity index (χ1) is 21.5. The first-order valence-electron chi connectivity index (χ1n) is 14.2. The molecule has 4 heterocycles. The molecule has 7 rings (SSSR count). The van der Waals surface area contributed by atoms with Crippen molar-refractivity contribution in [2.45, 2.75) is 30.2 Å². The third kappa shape index (κ3) is 4.60. The fraction of sp³-hybridized carbons (Fsp3) is 0.438. The SMILES string of the molecule is COC[C@H]1Oc2cc([C@H]3OC[C@]4(O)[C@@H](Oc5c(OC)cc6c(c5OC)OCO6)OC[C@H]34)c(OC)cc2O[C@@H]1c1ccccc1. The zero-order valence-corrected chi connectivity index (χ0v) is 24.8. The molecule has 3 aromatic carbocycles. The Morgan fingerprint density at radius 3 is 2.34 bits per heavy atom. The molecule has 4 aliphatic rings. The van der Waals surface area contributed by atoms with Gasteiger partial charge < -0.3 is 57.2 Å². The minimum Gasteiger partial charge on any atom is -0.496 e. The van der Waals surface area contributed by atoms with E-state index in [-0.39, 0.29) is 37.6 Å². The van der Waals surface area contributed by atoms with Crippen LogP contribution in [0.5, 0.6) is 46.0 Å². The summed E-state index contributed by atoms with van der Waals surface area (Å²) in [5.41, 5.74) is 0.150. The second-order valence-electron chi connectivity index (χ2n) is 10.9. The smallest absolute Gasteiger partial charge is 0.232 e. The van der Waals surface area contributed by atoms with Crippen LogP contribution in [0.1, 0.15) is 23.3 Å². The van der Waals surface area contributed by atoms with Crippen LogP contribution in [0.4, 0.5) is 0 Å². The molecule has 0 saturated carbocycles. The van der Waals surface area contributed by atoms with E-state index < -0.39 is 30.0 Å². The predicted octanol–water partition coefficient (Wildman–Crippen LogP) is 3.82. The van der Waals surface area contributed by atoms with E-state index >= 15 is 0 Å². The molecular formula is C32H34O12. The molecule has 0 aliphatic carbocycles. The number of rotatable bonds is 9. The quantitative estimate of drug-likeness (QED) is 0.379. The molecule has 3 aromatic rings. The molecule has 0 aromatic heterocycles. The second kappa shape index (κ2) is 11.4. The van der Waals surface area contributed by atoms with Gasteiger partial charge in [-0.1, -0.05) is 30.3 Å². The van der Waals surface area contributed by atoms with E-state index in [4.69, 9.17) is 52.1 Å². The molecule has 234 valence electrons. The lowest BCUT2D eigenvalue weighted by molar-refractivity contribution is -0.153.